The van der Waals surface area contributed by atoms with E-state index in [2.05, 4.69) is 5.32 Å². The summed E-state index contributed by atoms with van der Waals surface area (Å²) < 4.78 is 4.90. The second-order valence-electron chi connectivity index (χ2n) is 5.45. The number of phenolic OH excluding ortho intramolecular Hbond substituents is 1. The van der Waals surface area contributed by atoms with Crippen LogP contribution in [0.4, 0.5) is 10.5 Å². The van der Waals surface area contributed by atoms with Gasteiger partial charge in [-0.15, -0.1) is 0 Å². The molecule has 0 aromatic heterocycles. The quantitative estimate of drug-likeness (QED) is 0.619. The van der Waals surface area contributed by atoms with Crippen LogP contribution in [0.3, 0.4) is 0 Å². The molecule has 1 saturated heterocycles. The summed E-state index contributed by atoms with van der Waals surface area (Å²) in [5.41, 5.74) is 1.04. The molecule has 8 nitrogen and oxygen atoms in total. The Morgan fingerprint density at radius 2 is 1.79 bits per heavy atom. The number of ether oxygens (including phenoxy) is 1. The van der Waals surface area contributed by atoms with E-state index in [1.165, 1.54) is 15.9 Å². The van der Waals surface area contributed by atoms with E-state index in [-0.39, 0.29) is 24.5 Å². The highest BCUT2D eigenvalue weighted by Gasteiger charge is 2.28. The van der Waals surface area contributed by atoms with Gasteiger partial charge in [0.1, 0.15) is 5.75 Å². The predicted octanol–water partition coefficient (Wildman–Crippen LogP) is 0.940. The maximum Gasteiger partial charge on any atom is 0.409 e. The van der Waals surface area contributed by atoms with Gasteiger partial charge >= 0.3 is 17.9 Å². The third-order valence-corrected chi connectivity index (χ3v) is 3.69. The van der Waals surface area contributed by atoms with Crippen molar-refractivity contribution in [3.63, 3.8) is 0 Å². The molecule has 0 atom stereocenters. The molecule has 2 rings (SSSR count). The van der Waals surface area contributed by atoms with E-state index in [9.17, 15) is 19.5 Å². The number of anilines is 1. The zero-order valence-corrected chi connectivity index (χ0v) is 13.7. The number of carbonyl (C=O) groups excluding carboxylic acids is 3. The maximum absolute atomic E-state index is 12.2. The van der Waals surface area contributed by atoms with Gasteiger partial charge in [0, 0.05) is 26.2 Å². The van der Waals surface area contributed by atoms with Crippen molar-refractivity contribution in [2.45, 2.75) is 13.8 Å². The summed E-state index contributed by atoms with van der Waals surface area (Å²) in [5.74, 6) is -1.62. The topological polar surface area (TPSA) is 99.2 Å². The van der Waals surface area contributed by atoms with Crippen LogP contribution in [-0.4, -0.2) is 65.6 Å². The van der Waals surface area contributed by atoms with Gasteiger partial charge in [-0.2, -0.15) is 0 Å². The van der Waals surface area contributed by atoms with E-state index in [4.69, 9.17) is 4.74 Å². The first-order chi connectivity index (χ1) is 11.4. The lowest BCUT2D eigenvalue weighted by Gasteiger charge is -2.33. The van der Waals surface area contributed by atoms with Crippen molar-refractivity contribution in [3.8, 4) is 5.75 Å². The van der Waals surface area contributed by atoms with E-state index in [0.717, 1.165) is 5.56 Å². The smallest absolute Gasteiger partial charge is 0.409 e. The third kappa shape index (κ3) is 4.15. The lowest BCUT2D eigenvalue weighted by atomic mass is 10.2. The number of aryl methyl sites for hydroxylation is 1. The Morgan fingerprint density at radius 1 is 1.17 bits per heavy atom. The van der Waals surface area contributed by atoms with Crippen molar-refractivity contribution in [2.75, 3.05) is 38.1 Å². The number of nitrogens with one attached hydrogen (secondary N) is 1. The lowest BCUT2D eigenvalue weighted by Crippen LogP contribution is -2.53. The summed E-state index contributed by atoms with van der Waals surface area (Å²) in [4.78, 5) is 38.8. The minimum Gasteiger partial charge on any atom is -0.506 e. The molecule has 130 valence electrons. The molecular formula is C16H21N3O5. The van der Waals surface area contributed by atoms with Crippen molar-refractivity contribution in [2.24, 2.45) is 0 Å². The number of hydrogen-bond acceptors (Lipinski definition) is 5. The third-order valence-electron chi connectivity index (χ3n) is 3.69. The molecule has 1 aliphatic rings. The van der Waals surface area contributed by atoms with Crippen LogP contribution >= 0.6 is 0 Å². The predicted molar refractivity (Wildman–Crippen MR) is 86.6 cm³/mol. The lowest BCUT2D eigenvalue weighted by molar-refractivity contribution is -0.144. The molecule has 1 fully saturated rings. The molecular weight excluding hydrogens is 314 g/mol. The minimum absolute atomic E-state index is 0.103. The van der Waals surface area contributed by atoms with Crippen LogP contribution in [0.5, 0.6) is 5.75 Å². The summed E-state index contributed by atoms with van der Waals surface area (Å²) in [5, 5.41) is 12.1. The number of rotatable bonds is 2. The second kappa shape index (κ2) is 7.67. The first kappa shape index (κ1) is 17.6. The Morgan fingerprint density at radius 3 is 2.42 bits per heavy atom. The SMILES string of the molecule is CCOC(=O)N1CCN(C(=O)C(=O)Nc2cc(C)ccc2O)CC1. The zero-order valence-electron chi connectivity index (χ0n) is 13.7. The van der Waals surface area contributed by atoms with Crippen molar-refractivity contribution >= 4 is 23.6 Å². The molecule has 0 spiro atoms. The van der Waals surface area contributed by atoms with E-state index >= 15 is 0 Å². The monoisotopic (exact) mass is 335 g/mol. The fourth-order valence-corrected chi connectivity index (χ4v) is 2.38. The van der Waals surface area contributed by atoms with Crippen LogP contribution in [-0.2, 0) is 14.3 Å². The van der Waals surface area contributed by atoms with Gasteiger partial charge in [-0.3, -0.25) is 9.59 Å². The Labute approximate surface area is 140 Å². The Hall–Kier alpha value is -2.77. The first-order valence-electron chi connectivity index (χ1n) is 7.74. The first-order valence-corrected chi connectivity index (χ1v) is 7.74. The van der Waals surface area contributed by atoms with Gasteiger partial charge in [0.15, 0.2) is 0 Å². The Kier molecular flexibility index (Phi) is 5.62. The number of aromatic hydroxyl groups is 1. The number of carbonyl (C=O) groups is 3. The van der Waals surface area contributed by atoms with Crippen LogP contribution in [0, 0.1) is 6.92 Å². The van der Waals surface area contributed by atoms with Gasteiger partial charge in [0.25, 0.3) is 0 Å². The summed E-state index contributed by atoms with van der Waals surface area (Å²) >= 11 is 0. The maximum atomic E-state index is 12.2. The standard InChI is InChI=1S/C16H21N3O5/c1-3-24-16(23)19-8-6-18(7-9-19)15(22)14(21)17-12-10-11(2)4-5-13(12)20/h4-5,10,20H,3,6-9H2,1-2H3,(H,17,21). The molecule has 24 heavy (non-hydrogen) atoms. The molecule has 2 N–H and O–H groups in total. The van der Waals surface area contributed by atoms with Gasteiger partial charge in [-0.25, -0.2) is 4.79 Å². The van der Waals surface area contributed by atoms with Crippen molar-refractivity contribution < 1.29 is 24.2 Å². The normalized spacial score (nSPS) is 14.2. The molecule has 0 saturated carbocycles. The molecule has 1 aliphatic heterocycles. The highest BCUT2D eigenvalue weighted by atomic mass is 16.6. The van der Waals surface area contributed by atoms with Crippen LogP contribution in [0.2, 0.25) is 0 Å². The van der Waals surface area contributed by atoms with Gasteiger partial charge in [0.2, 0.25) is 0 Å². The Balaban J connectivity index is 1.91. The van der Waals surface area contributed by atoms with Crippen molar-refractivity contribution in [1.82, 2.24) is 9.80 Å². The summed E-state index contributed by atoms with van der Waals surface area (Å²) in [6.07, 6.45) is -0.418. The van der Waals surface area contributed by atoms with Gasteiger partial charge < -0.3 is 25.0 Å². The number of nitrogens with zero attached hydrogens (tertiary/aromatic N) is 2. The molecule has 0 unspecified atom stereocenters. The molecule has 1 aromatic rings. The van der Waals surface area contributed by atoms with E-state index in [0.29, 0.717) is 19.7 Å². The average Bonchev–Trinajstić information content (AvgIpc) is 2.57. The largest absolute Gasteiger partial charge is 0.506 e. The van der Waals surface area contributed by atoms with Crippen LogP contribution in [0.25, 0.3) is 0 Å². The molecule has 0 bridgehead atoms. The van der Waals surface area contributed by atoms with Gasteiger partial charge in [0.05, 0.1) is 12.3 Å². The number of amides is 3. The van der Waals surface area contributed by atoms with E-state index in [1.54, 1.807) is 19.1 Å². The van der Waals surface area contributed by atoms with Gasteiger partial charge in [-0.05, 0) is 31.5 Å². The van der Waals surface area contributed by atoms with E-state index < -0.39 is 17.9 Å². The second-order valence-corrected chi connectivity index (χ2v) is 5.45. The highest BCUT2D eigenvalue weighted by molar-refractivity contribution is 6.39. The fourth-order valence-electron chi connectivity index (χ4n) is 2.38. The van der Waals surface area contributed by atoms with Crippen molar-refractivity contribution in [3.05, 3.63) is 23.8 Å². The van der Waals surface area contributed by atoms with Crippen LogP contribution in [0.1, 0.15) is 12.5 Å². The number of hydrogen-bond donors (Lipinski definition) is 2. The molecule has 3 amide bonds. The molecule has 1 aromatic carbocycles. The van der Waals surface area contributed by atoms with Crippen LogP contribution in [0.15, 0.2) is 18.2 Å². The number of piperazine rings is 1. The highest BCUT2D eigenvalue weighted by Crippen LogP contribution is 2.23. The minimum atomic E-state index is -0.819. The molecule has 8 heteroatoms. The summed E-state index contributed by atoms with van der Waals surface area (Å²) in [6.45, 7) is 4.96. The van der Waals surface area contributed by atoms with Gasteiger partial charge in [-0.1, -0.05) is 6.07 Å². The zero-order chi connectivity index (χ0) is 17.7. The summed E-state index contributed by atoms with van der Waals surface area (Å²) in [6, 6.07) is 4.73. The number of benzene rings is 1. The number of phenols is 1. The molecule has 1 heterocycles. The van der Waals surface area contributed by atoms with Crippen LogP contribution < -0.4 is 5.32 Å². The van der Waals surface area contributed by atoms with E-state index in [1.807, 2.05) is 6.92 Å². The summed E-state index contributed by atoms with van der Waals surface area (Å²) in [7, 11) is 0. The fraction of sp³-hybridized carbons (Fsp3) is 0.438. The Bertz CT molecular complexity index is 639. The average molecular weight is 335 g/mol. The van der Waals surface area contributed by atoms with Crippen molar-refractivity contribution in [1.29, 1.82) is 0 Å². The molecule has 0 radical (unpaired) electrons. The molecule has 0 aliphatic carbocycles.